The van der Waals surface area contributed by atoms with Gasteiger partial charge in [-0.25, -0.2) is 4.98 Å². The molecule has 5 nitrogen and oxygen atoms in total. The van der Waals surface area contributed by atoms with E-state index in [1.54, 1.807) is 0 Å². The zero-order chi connectivity index (χ0) is 21.6. The Hall–Kier alpha value is -2.53. The number of fused-ring (bicyclic) bond motifs is 1. The summed E-state index contributed by atoms with van der Waals surface area (Å²) < 4.78 is 8.14. The molecule has 0 spiro atoms. The van der Waals surface area contributed by atoms with Crippen molar-refractivity contribution in [2.75, 3.05) is 19.7 Å². The van der Waals surface area contributed by atoms with Gasteiger partial charge in [-0.05, 0) is 43.5 Å². The summed E-state index contributed by atoms with van der Waals surface area (Å²) in [6, 6.07) is 15.8. The number of nitrogens with zero attached hydrogens (tertiary/aromatic N) is 3. The third kappa shape index (κ3) is 5.04. The van der Waals surface area contributed by atoms with E-state index in [0.717, 1.165) is 67.9 Å². The van der Waals surface area contributed by atoms with Crippen LogP contribution in [0.15, 0.2) is 48.5 Å². The first-order valence-electron chi connectivity index (χ1n) is 11.3. The summed E-state index contributed by atoms with van der Waals surface area (Å²) >= 11 is 6.16. The molecule has 1 aliphatic heterocycles. The van der Waals surface area contributed by atoms with E-state index in [0.29, 0.717) is 18.1 Å². The second-order valence-electron chi connectivity index (χ2n) is 8.19. The lowest BCUT2D eigenvalue weighted by atomic mass is 10.1. The molecule has 6 heteroatoms. The van der Waals surface area contributed by atoms with Crippen molar-refractivity contribution < 1.29 is 9.53 Å². The van der Waals surface area contributed by atoms with Gasteiger partial charge in [-0.1, -0.05) is 49.2 Å². The molecular weight excluding hydrogens is 410 g/mol. The van der Waals surface area contributed by atoms with Crippen LogP contribution in [0.25, 0.3) is 11.0 Å². The third-order valence-corrected chi connectivity index (χ3v) is 6.23. The molecule has 4 rings (SSSR count). The SMILES string of the molecule is CCCCN1C[C@H](c2nc3ccccc3n2CCCCOc2ccccc2Cl)CC1=O. The second kappa shape index (κ2) is 10.2. The molecule has 1 amide bonds. The highest BCUT2D eigenvalue weighted by Crippen LogP contribution is 2.31. The Kier molecular flexibility index (Phi) is 7.13. The minimum absolute atomic E-state index is 0.163. The number of amides is 1. The summed E-state index contributed by atoms with van der Waals surface area (Å²) in [4.78, 5) is 19.5. The number of rotatable bonds is 10. The van der Waals surface area contributed by atoms with Gasteiger partial charge in [0.2, 0.25) is 5.91 Å². The van der Waals surface area contributed by atoms with Crippen LogP contribution in [-0.2, 0) is 11.3 Å². The normalized spacial score (nSPS) is 16.4. The van der Waals surface area contributed by atoms with Crippen LogP contribution in [0.4, 0.5) is 0 Å². The van der Waals surface area contributed by atoms with E-state index in [1.807, 2.05) is 35.2 Å². The maximum Gasteiger partial charge on any atom is 0.223 e. The summed E-state index contributed by atoms with van der Waals surface area (Å²) in [6.45, 7) is 5.27. The van der Waals surface area contributed by atoms with Crippen LogP contribution < -0.4 is 4.74 Å². The molecule has 1 aliphatic rings. The predicted molar refractivity (Wildman–Crippen MR) is 125 cm³/mol. The van der Waals surface area contributed by atoms with E-state index in [2.05, 4.69) is 29.7 Å². The van der Waals surface area contributed by atoms with Gasteiger partial charge in [0.25, 0.3) is 0 Å². The Morgan fingerprint density at radius 2 is 1.87 bits per heavy atom. The number of likely N-dealkylation sites (tertiary alicyclic amines) is 1. The van der Waals surface area contributed by atoms with Crippen LogP contribution in [0.1, 0.15) is 50.8 Å². The molecule has 0 saturated carbocycles. The maximum atomic E-state index is 12.5. The van der Waals surface area contributed by atoms with Gasteiger partial charge < -0.3 is 14.2 Å². The van der Waals surface area contributed by atoms with Gasteiger partial charge >= 0.3 is 0 Å². The third-order valence-electron chi connectivity index (χ3n) is 5.92. The Morgan fingerprint density at radius 1 is 1.06 bits per heavy atom. The molecule has 164 valence electrons. The van der Waals surface area contributed by atoms with Gasteiger partial charge in [-0.2, -0.15) is 0 Å². The minimum atomic E-state index is 0.163. The van der Waals surface area contributed by atoms with E-state index >= 15 is 0 Å². The van der Waals surface area contributed by atoms with Crippen molar-refractivity contribution in [1.29, 1.82) is 0 Å². The van der Waals surface area contributed by atoms with E-state index in [1.165, 1.54) is 0 Å². The summed E-state index contributed by atoms with van der Waals surface area (Å²) in [6.07, 6.45) is 4.60. The molecule has 0 unspecified atom stereocenters. The van der Waals surface area contributed by atoms with E-state index in [-0.39, 0.29) is 11.8 Å². The number of halogens is 1. The number of unbranched alkanes of at least 4 members (excludes halogenated alkanes) is 2. The van der Waals surface area contributed by atoms with Crippen molar-refractivity contribution in [2.45, 2.75) is 51.5 Å². The Bertz CT molecular complexity index is 1030. The fourth-order valence-corrected chi connectivity index (χ4v) is 4.46. The highest BCUT2D eigenvalue weighted by molar-refractivity contribution is 6.32. The summed E-state index contributed by atoms with van der Waals surface area (Å²) in [7, 11) is 0. The number of aryl methyl sites for hydroxylation is 1. The van der Waals surface area contributed by atoms with Gasteiger partial charge in [0.15, 0.2) is 0 Å². The Morgan fingerprint density at radius 3 is 2.71 bits per heavy atom. The number of carbonyl (C=O) groups excluding carboxylic acids is 1. The number of imidazole rings is 1. The maximum absolute atomic E-state index is 12.5. The molecular formula is C25H30ClN3O2. The first-order valence-corrected chi connectivity index (χ1v) is 11.7. The Labute approximate surface area is 189 Å². The predicted octanol–water partition coefficient (Wildman–Crippen LogP) is 5.66. The van der Waals surface area contributed by atoms with Crippen molar-refractivity contribution in [2.24, 2.45) is 0 Å². The monoisotopic (exact) mass is 439 g/mol. The number of para-hydroxylation sites is 3. The van der Waals surface area contributed by atoms with Crippen molar-refractivity contribution in [3.8, 4) is 5.75 Å². The summed E-state index contributed by atoms with van der Waals surface area (Å²) in [5.74, 6) is 2.19. The zero-order valence-electron chi connectivity index (χ0n) is 18.1. The molecule has 31 heavy (non-hydrogen) atoms. The molecule has 2 aromatic carbocycles. The van der Waals surface area contributed by atoms with Crippen molar-refractivity contribution in [3.05, 3.63) is 59.4 Å². The molecule has 1 fully saturated rings. The molecule has 1 atom stereocenters. The number of hydrogen-bond acceptors (Lipinski definition) is 3. The molecule has 1 aromatic heterocycles. The van der Waals surface area contributed by atoms with Crippen LogP contribution in [0.3, 0.4) is 0 Å². The first-order chi connectivity index (χ1) is 15.2. The quantitative estimate of drug-likeness (QED) is 0.382. The van der Waals surface area contributed by atoms with Gasteiger partial charge in [0.05, 0.1) is 22.7 Å². The van der Waals surface area contributed by atoms with E-state index < -0.39 is 0 Å². The molecule has 0 aliphatic carbocycles. The van der Waals surface area contributed by atoms with Crippen LogP contribution in [0.5, 0.6) is 5.75 Å². The van der Waals surface area contributed by atoms with Crippen molar-refractivity contribution >= 4 is 28.5 Å². The Balaban J connectivity index is 1.42. The minimum Gasteiger partial charge on any atom is -0.492 e. The van der Waals surface area contributed by atoms with Crippen molar-refractivity contribution in [1.82, 2.24) is 14.5 Å². The number of carbonyl (C=O) groups is 1. The summed E-state index contributed by atoms with van der Waals surface area (Å²) in [5, 5.41) is 0.643. The standard InChI is InChI=1S/C25H30ClN3O2/c1-2-3-14-28-18-19(17-24(28)30)25-27-21-11-5-6-12-22(21)29(25)15-8-9-16-31-23-13-7-4-10-20(23)26/h4-7,10-13,19H,2-3,8-9,14-18H2,1H3/t19-/m1/s1. The lowest BCUT2D eigenvalue weighted by Gasteiger charge is -2.17. The highest BCUT2D eigenvalue weighted by atomic mass is 35.5. The molecule has 0 bridgehead atoms. The largest absolute Gasteiger partial charge is 0.492 e. The van der Waals surface area contributed by atoms with Gasteiger partial charge in [-0.15, -0.1) is 0 Å². The average Bonchev–Trinajstić information content (AvgIpc) is 3.33. The van der Waals surface area contributed by atoms with Crippen LogP contribution in [0.2, 0.25) is 5.02 Å². The smallest absolute Gasteiger partial charge is 0.223 e. The zero-order valence-corrected chi connectivity index (χ0v) is 18.9. The lowest BCUT2D eigenvalue weighted by molar-refractivity contribution is -0.127. The molecule has 0 N–H and O–H groups in total. The molecule has 0 radical (unpaired) electrons. The van der Waals surface area contributed by atoms with Gasteiger partial charge in [-0.3, -0.25) is 4.79 Å². The second-order valence-corrected chi connectivity index (χ2v) is 8.60. The highest BCUT2D eigenvalue weighted by Gasteiger charge is 2.33. The fraction of sp³-hybridized carbons (Fsp3) is 0.440. The number of ether oxygens (including phenoxy) is 1. The van der Waals surface area contributed by atoms with E-state index in [9.17, 15) is 4.79 Å². The molecule has 2 heterocycles. The van der Waals surface area contributed by atoms with Gasteiger partial charge in [0.1, 0.15) is 11.6 Å². The van der Waals surface area contributed by atoms with Gasteiger partial charge in [0, 0.05) is 32.0 Å². The van der Waals surface area contributed by atoms with E-state index in [4.69, 9.17) is 21.3 Å². The van der Waals surface area contributed by atoms with Crippen molar-refractivity contribution in [3.63, 3.8) is 0 Å². The topological polar surface area (TPSA) is 47.4 Å². The number of hydrogen-bond donors (Lipinski definition) is 0. The first kappa shape index (κ1) is 21.7. The van der Waals surface area contributed by atoms with Crippen LogP contribution in [-0.4, -0.2) is 40.1 Å². The van der Waals surface area contributed by atoms with Crippen LogP contribution in [0, 0.1) is 0 Å². The van der Waals surface area contributed by atoms with Crippen LogP contribution >= 0.6 is 11.6 Å². The number of aromatic nitrogens is 2. The lowest BCUT2D eigenvalue weighted by Crippen LogP contribution is -2.26. The summed E-state index contributed by atoms with van der Waals surface area (Å²) in [5.41, 5.74) is 2.15. The fourth-order valence-electron chi connectivity index (χ4n) is 4.27. The molecule has 3 aromatic rings. The number of benzene rings is 2. The average molecular weight is 440 g/mol. The molecule has 1 saturated heterocycles.